The SMILES string of the molecule is CC(C)c1ccc(-c2nc(C(=O)N3CCN(C(C)C)CC3)cs2)cc1. The standard InChI is InChI=1S/C20H27N3OS/c1-14(2)16-5-7-17(8-6-16)19-21-18(13-25-19)20(24)23-11-9-22(10-12-23)15(3)4/h5-8,13-15H,9-12H2,1-4H3. The summed E-state index contributed by atoms with van der Waals surface area (Å²) in [6.45, 7) is 12.2. The maximum atomic E-state index is 12.7. The van der Waals surface area contributed by atoms with Gasteiger partial charge >= 0.3 is 0 Å². The number of carbonyl (C=O) groups is 1. The van der Waals surface area contributed by atoms with Gasteiger partial charge in [0.25, 0.3) is 5.91 Å². The normalized spacial score (nSPS) is 16.0. The van der Waals surface area contributed by atoms with E-state index in [9.17, 15) is 4.79 Å². The molecule has 1 aromatic carbocycles. The van der Waals surface area contributed by atoms with E-state index in [-0.39, 0.29) is 5.91 Å². The van der Waals surface area contributed by atoms with Gasteiger partial charge in [-0.05, 0) is 25.3 Å². The molecule has 2 aromatic rings. The van der Waals surface area contributed by atoms with E-state index in [1.165, 1.54) is 5.56 Å². The fourth-order valence-electron chi connectivity index (χ4n) is 3.12. The van der Waals surface area contributed by atoms with E-state index in [0.717, 1.165) is 36.8 Å². The third kappa shape index (κ3) is 4.10. The average Bonchev–Trinajstić information content (AvgIpc) is 3.11. The second-order valence-electron chi connectivity index (χ2n) is 7.24. The number of thiazole rings is 1. The van der Waals surface area contributed by atoms with Crippen molar-refractivity contribution < 1.29 is 4.79 Å². The first-order valence-electron chi connectivity index (χ1n) is 9.05. The van der Waals surface area contributed by atoms with Gasteiger partial charge in [-0.15, -0.1) is 11.3 Å². The smallest absolute Gasteiger partial charge is 0.273 e. The van der Waals surface area contributed by atoms with Crippen LogP contribution in [0.25, 0.3) is 10.6 Å². The van der Waals surface area contributed by atoms with Crippen LogP contribution in [0.1, 0.15) is 49.7 Å². The number of nitrogens with zero attached hydrogens (tertiary/aromatic N) is 3. The van der Waals surface area contributed by atoms with Crippen LogP contribution in [0.5, 0.6) is 0 Å². The molecule has 1 aliphatic rings. The van der Waals surface area contributed by atoms with E-state index in [2.05, 4.69) is 61.8 Å². The van der Waals surface area contributed by atoms with E-state index in [1.807, 2.05) is 10.3 Å². The van der Waals surface area contributed by atoms with Crippen molar-refractivity contribution in [1.82, 2.24) is 14.8 Å². The molecule has 1 saturated heterocycles. The number of aromatic nitrogens is 1. The molecule has 0 unspecified atom stereocenters. The van der Waals surface area contributed by atoms with Crippen LogP contribution in [0.4, 0.5) is 0 Å². The minimum Gasteiger partial charge on any atom is -0.335 e. The maximum absolute atomic E-state index is 12.7. The molecule has 1 fully saturated rings. The summed E-state index contributed by atoms with van der Waals surface area (Å²) in [6, 6.07) is 9.03. The molecule has 25 heavy (non-hydrogen) atoms. The summed E-state index contributed by atoms with van der Waals surface area (Å²) in [4.78, 5) is 21.7. The molecule has 1 amide bonds. The highest BCUT2D eigenvalue weighted by Crippen LogP contribution is 2.26. The molecule has 0 radical (unpaired) electrons. The van der Waals surface area contributed by atoms with Crippen LogP contribution in [-0.2, 0) is 0 Å². The van der Waals surface area contributed by atoms with E-state index in [4.69, 9.17) is 0 Å². The number of hydrogen-bond acceptors (Lipinski definition) is 4. The van der Waals surface area contributed by atoms with Gasteiger partial charge in [-0.1, -0.05) is 38.1 Å². The van der Waals surface area contributed by atoms with E-state index in [0.29, 0.717) is 17.7 Å². The Labute approximate surface area is 154 Å². The average molecular weight is 358 g/mol. The van der Waals surface area contributed by atoms with Crippen molar-refractivity contribution in [2.45, 2.75) is 39.7 Å². The quantitative estimate of drug-likeness (QED) is 0.826. The van der Waals surface area contributed by atoms with Crippen molar-refractivity contribution >= 4 is 17.2 Å². The summed E-state index contributed by atoms with van der Waals surface area (Å²) in [5, 5.41) is 2.81. The Balaban J connectivity index is 1.68. The van der Waals surface area contributed by atoms with E-state index < -0.39 is 0 Å². The second kappa shape index (κ2) is 7.67. The molecule has 4 nitrogen and oxygen atoms in total. The number of benzene rings is 1. The summed E-state index contributed by atoms with van der Waals surface area (Å²) in [7, 11) is 0. The van der Waals surface area contributed by atoms with Crippen LogP contribution in [0, 0.1) is 0 Å². The van der Waals surface area contributed by atoms with Gasteiger partial charge in [0.15, 0.2) is 0 Å². The molecule has 0 spiro atoms. The van der Waals surface area contributed by atoms with E-state index >= 15 is 0 Å². The molecule has 0 bridgehead atoms. The lowest BCUT2D eigenvalue weighted by Gasteiger charge is -2.36. The zero-order valence-electron chi connectivity index (χ0n) is 15.5. The first kappa shape index (κ1) is 18.1. The Morgan fingerprint density at radius 3 is 2.24 bits per heavy atom. The molecule has 5 heteroatoms. The van der Waals surface area contributed by atoms with Crippen molar-refractivity contribution in [1.29, 1.82) is 0 Å². The Morgan fingerprint density at radius 1 is 1.04 bits per heavy atom. The third-order valence-electron chi connectivity index (χ3n) is 4.88. The molecular weight excluding hydrogens is 330 g/mol. The Kier molecular flexibility index (Phi) is 5.54. The summed E-state index contributed by atoms with van der Waals surface area (Å²) in [5.41, 5.74) is 2.98. The fourth-order valence-corrected chi connectivity index (χ4v) is 3.92. The van der Waals surface area contributed by atoms with Crippen LogP contribution in [0.15, 0.2) is 29.6 Å². The highest BCUT2D eigenvalue weighted by Gasteiger charge is 2.24. The predicted molar refractivity (Wildman–Crippen MR) is 104 cm³/mol. The van der Waals surface area contributed by atoms with Crippen LogP contribution in [0.3, 0.4) is 0 Å². The molecule has 134 valence electrons. The van der Waals surface area contributed by atoms with Crippen LogP contribution < -0.4 is 0 Å². The largest absolute Gasteiger partial charge is 0.335 e. The maximum Gasteiger partial charge on any atom is 0.273 e. The first-order valence-corrected chi connectivity index (χ1v) is 9.93. The number of amides is 1. The molecule has 2 heterocycles. The molecule has 0 saturated carbocycles. The molecule has 3 rings (SSSR count). The zero-order chi connectivity index (χ0) is 18.0. The van der Waals surface area contributed by atoms with Crippen molar-refractivity contribution in [3.05, 3.63) is 40.9 Å². The van der Waals surface area contributed by atoms with Crippen molar-refractivity contribution in [2.24, 2.45) is 0 Å². The van der Waals surface area contributed by atoms with Gasteiger partial charge in [0, 0.05) is 43.2 Å². The number of rotatable bonds is 4. The van der Waals surface area contributed by atoms with Crippen molar-refractivity contribution in [3.8, 4) is 10.6 Å². The summed E-state index contributed by atoms with van der Waals surface area (Å²) < 4.78 is 0. The van der Waals surface area contributed by atoms with Gasteiger partial charge in [-0.25, -0.2) is 4.98 Å². The molecule has 0 aliphatic carbocycles. The predicted octanol–water partition coefficient (Wildman–Crippen LogP) is 4.10. The fraction of sp³-hybridized carbons (Fsp3) is 0.500. The highest BCUT2D eigenvalue weighted by molar-refractivity contribution is 7.13. The zero-order valence-corrected chi connectivity index (χ0v) is 16.3. The number of piperazine rings is 1. The molecule has 1 aliphatic heterocycles. The van der Waals surface area contributed by atoms with Crippen molar-refractivity contribution in [3.63, 3.8) is 0 Å². The summed E-state index contributed by atoms with van der Waals surface area (Å²) in [5.74, 6) is 0.580. The topological polar surface area (TPSA) is 36.4 Å². The highest BCUT2D eigenvalue weighted by atomic mass is 32.1. The lowest BCUT2D eigenvalue weighted by atomic mass is 10.0. The summed E-state index contributed by atoms with van der Waals surface area (Å²) in [6.07, 6.45) is 0. The third-order valence-corrected chi connectivity index (χ3v) is 5.77. The Bertz CT molecular complexity index is 713. The van der Waals surface area contributed by atoms with Gasteiger partial charge < -0.3 is 4.90 Å². The van der Waals surface area contributed by atoms with Gasteiger partial charge in [-0.3, -0.25) is 9.69 Å². The van der Waals surface area contributed by atoms with E-state index in [1.54, 1.807) is 11.3 Å². The van der Waals surface area contributed by atoms with Crippen LogP contribution >= 0.6 is 11.3 Å². The molecule has 1 aromatic heterocycles. The van der Waals surface area contributed by atoms with Crippen LogP contribution in [0.2, 0.25) is 0 Å². The summed E-state index contributed by atoms with van der Waals surface area (Å²) >= 11 is 1.55. The van der Waals surface area contributed by atoms with Gasteiger partial charge in [0.2, 0.25) is 0 Å². The first-order chi connectivity index (χ1) is 12.0. The van der Waals surface area contributed by atoms with Gasteiger partial charge in [0.05, 0.1) is 0 Å². The lowest BCUT2D eigenvalue weighted by Crippen LogP contribution is -2.50. The monoisotopic (exact) mass is 357 g/mol. The Hall–Kier alpha value is -1.72. The van der Waals surface area contributed by atoms with Crippen LogP contribution in [-0.4, -0.2) is 52.9 Å². The molecular formula is C20H27N3OS. The number of carbonyl (C=O) groups excluding carboxylic acids is 1. The minimum absolute atomic E-state index is 0.0599. The van der Waals surface area contributed by atoms with Gasteiger partial charge in [0.1, 0.15) is 10.7 Å². The minimum atomic E-state index is 0.0599. The Morgan fingerprint density at radius 2 is 1.68 bits per heavy atom. The van der Waals surface area contributed by atoms with Crippen molar-refractivity contribution in [2.75, 3.05) is 26.2 Å². The molecule has 0 atom stereocenters. The lowest BCUT2D eigenvalue weighted by molar-refractivity contribution is 0.0591. The van der Waals surface area contributed by atoms with Gasteiger partial charge in [-0.2, -0.15) is 0 Å². The molecule has 0 N–H and O–H groups in total. The number of hydrogen-bond donors (Lipinski definition) is 0. The second-order valence-corrected chi connectivity index (χ2v) is 8.09.